The van der Waals surface area contributed by atoms with Crippen LogP contribution in [0.2, 0.25) is 0 Å². The average Bonchev–Trinajstić information content (AvgIpc) is 2.98. The molecule has 0 bridgehead atoms. The first-order chi connectivity index (χ1) is 11.3. The van der Waals surface area contributed by atoms with Crippen molar-refractivity contribution in [2.75, 3.05) is 13.7 Å². The van der Waals surface area contributed by atoms with Crippen LogP contribution in [0.3, 0.4) is 0 Å². The zero-order valence-corrected chi connectivity index (χ0v) is 14.5. The van der Waals surface area contributed by atoms with E-state index in [1.165, 1.54) is 36.3 Å². The second kappa shape index (κ2) is 7.29. The van der Waals surface area contributed by atoms with Gasteiger partial charge in [0.1, 0.15) is 6.17 Å². The molecule has 2 N–H and O–H groups in total. The molecule has 9 heteroatoms. The molecule has 0 radical (unpaired) electrons. The summed E-state index contributed by atoms with van der Waals surface area (Å²) in [5, 5.41) is 0. The molecule has 1 aliphatic heterocycles. The Morgan fingerprint density at radius 1 is 1.42 bits per heavy atom. The van der Waals surface area contributed by atoms with Crippen LogP contribution in [0.1, 0.15) is 36.5 Å². The maximum absolute atomic E-state index is 13.0. The van der Waals surface area contributed by atoms with E-state index in [2.05, 4.69) is 0 Å². The summed E-state index contributed by atoms with van der Waals surface area (Å²) in [6.45, 7) is 2.22. The van der Waals surface area contributed by atoms with Crippen molar-refractivity contribution in [2.24, 2.45) is 5.73 Å². The van der Waals surface area contributed by atoms with Gasteiger partial charge in [-0.2, -0.15) is 0 Å². The predicted molar refractivity (Wildman–Crippen MR) is 86.0 cm³/mol. The summed E-state index contributed by atoms with van der Waals surface area (Å²) < 4.78 is 26.8. The molecular formula is C15H21N3O5S. The molecule has 0 aromatic heterocycles. The SMILES string of the molecule is CCC(N1CCCC1=O)N(OC)S(=O)(=O)c1ccccc1C(N)=O. The number of amides is 2. The molecule has 8 nitrogen and oxygen atoms in total. The fraction of sp³-hybridized carbons (Fsp3) is 0.467. The van der Waals surface area contributed by atoms with Gasteiger partial charge in [0.05, 0.1) is 17.6 Å². The molecule has 0 saturated carbocycles. The van der Waals surface area contributed by atoms with Crippen LogP contribution in [0.25, 0.3) is 0 Å². The largest absolute Gasteiger partial charge is 0.366 e. The summed E-state index contributed by atoms with van der Waals surface area (Å²) in [7, 11) is -2.97. The number of hydrogen-bond acceptors (Lipinski definition) is 5. The van der Waals surface area contributed by atoms with Gasteiger partial charge in [0, 0.05) is 13.0 Å². The molecule has 1 heterocycles. The number of carbonyl (C=O) groups excluding carboxylic acids is 2. The summed E-state index contributed by atoms with van der Waals surface area (Å²) in [6.07, 6.45) is 0.616. The van der Waals surface area contributed by atoms with Gasteiger partial charge in [0.15, 0.2) is 0 Å². The summed E-state index contributed by atoms with van der Waals surface area (Å²) in [5.41, 5.74) is 5.16. The number of hydroxylamine groups is 1. The highest BCUT2D eigenvalue weighted by Gasteiger charge is 2.39. The van der Waals surface area contributed by atoms with Crippen LogP contribution in [0.4, 0.5) is 0 Å². The molecule has 1 aromatic carbocycles. The Hall–Kier alpha value is -1.97. The van der Waals surface area contributed by atoms with Crippen LogP contribution < -0.4 is 5.73 Å². The lowest BCUT2D eigenvalue weighted by Crippen LogP contribution is -2.50. The summed E-state index contributed by atoms with van der Waals surface area (Å²) in [6, 6.07) is 5.65. The molecule has 0 spiro atoms. The fourth-order valence-electron chi connectivity index (χ4n) is 2.84. The van der Waals surface area contributed by atoms with Gasteiger partial charge in [-0.25, -0.2) is 8.42 Å². The Balaban J connectivity index is 2.48. The zero-order chi connectivity index (χ0) is 17.9. The molecule has 2 amide bonds. The summed E-state index contributed by atoms with van der Waals surface area (Å²) in [4.78, 5) is 29.9. The monoisotopic (exact) mass is 355 g/mol. The number of nitrogens with zero attached hydrogens (tertiary/aromatic N) is 2. The highest BCUT2D eigenvalue weighted by atomic mass is 32.2. The zero-order valence-electron chi connectivity index (χ0n) is 13.6. The number of nitrogens with two attached hydrogens (primary N) is 1. The third-order valence-electron chi connectivity index (χ3n) is 3.93. The Labute approximate surface area is 141 Å². The number of hydrogen-bond donors (Lipinski definition) is 1. The molecular weight excluding hydrogens is 334 g/mol. The number of benzene rings is 1. The van der Waals surface area contributed by atoms with E-state index in [0.29, 0.717) is 25.8 Å². The van der Waals surface area contributed by atoms with Gasteiger partial charge >= 0.3 is 0 Å². The second-order valence-corrected chi connectivity index (χ2v) is 7.13. The molecule has 1 aliphatic rings. The van der Waals surface area contributed by atoms with Crippen molar-refractivity contribution in [3.05, 3.63) is 29.8 Å². The highest BCUT2D eigenvalue weighted by Crippen LogP contribution is 2.26. The standard InChI is InChI=1S/C15H21N3O5S/c1-3-13(17-10-6-9-14(17)19)18(23-2)24(21,22)12-8-5-4-7-11(12)15(16)20/h4-5,7-8,13H,3,6,9-10H2,1-2H3,(H2,16,20). The van der Waals surface area contributed by atoms with Crippen molar-refractivity contribution in [3.8, 4) is 0 Å². The highest BCUT2D eigenvalue weighted by molar-refractivity contribution is 7.89. The van der Waals surface area contributed by atoms with Gasteiger partial charge in [0.25, 0.3) is 10.0 Å². The van der Waals surface area contributed by atoms with Crippen molar-refractivity contribution >= 4 is 21.8 Å². The Bertz CT molecular complexity index is 734. The van der Waals surface area contributed by atoms with Crippen molar-refractivity contribution < 1.29 is 22.8 Å². The van der Waals surface area contributed by atoms with Crippen molar-refractivity contribution in [1.29, 1.82) is 0 Å². The first-order valence-corrected chi connectivity index (χ1v) is 9.05. The van der Waals surface area contributed by atoms with Crippen LogP contribution >= 0.6 is 0 Å². The molecule has 1 aromatic rings. The molecule has 132 valence electrons. The van der Waals surface area contributed by atoms with E-state index in [9.17, 15) is 18.0 Å². The topological polar surface area (TPSA) is 110 Å². The first kappa shape index (κ1) is 18.4. The molecule has 1 fully saturated rings. The number of primary amides is 1. The van der Waals surface area contributed by atoms with E-state index >= 15 is 0 Å². The first-order valence-electron chi connectivity index (χ1n) is 7.61. The van der Waals surface area contributed by atoms with Gasteiger partial charge < -0.3 is 10.6 Å². The van der Waals surface area contributed by atoms with Crippen molar-refractivity contribution in [3.63, 3.8) is 0 Å². The molecule has 1 unspecified atom stereocenters. The van der Waals surface area contributed by atoms with E-state index in [0.717, 1.165) is 4.47 Å². The molecule has 0 aliphatic carbocycles. The van der Waals surface area contributed by atoms with Gasteiger partial charge in [-0.05, 0) is 25.0 Å². The minimum absolute atomic E-state index is 0.123. The second-order valence-electron chi connectivity index (χ2n) is 5.38. The van der Waals surface area contributed by atoms with Crippen LogP contribution in [-0.2, 0) is 19.7 Å². The molecule has 1 atom stereocenters. The predicted octanol–water partition coefficient (Wildman–Crippen LogP) is 0.696. The maximum Gasteiger partial charge on any atom is 0.267 e. The van der Waals surface area contributed by atoms with Crippen molar-refractivity contribution in [1.82, 2.24) is 9.37 Å². The number of carbonyl (C=O) groups is 2. The van der Waals surface area contributed by atoms with Crippen LogP contribution in [-0.4, -0.2) is 49.4 Å². The fourth-order valence-corrected chi connectivity index (χ4v) is 4.51. The molecule has 2 rings (SSSR count). The normalized spacial score (nSPS) is 16.6. The average molecular weight is 355 g/mol. The van der Waals surface area contributed by atoms with E-state index in [1.54, 1.807) is 6.92 Å². The summed E-state index contributed by atoms with van der Waals surface area (Å²) >= 11 is 0. The molecule has 24 heavy (non-hydrogen) atoms. The maximum atomic E-state index is 13.0. The lowest BCUT2D eigenvalue weighted by atomic mass is 10.2. The van der Waals surface area contributed by atoms with Gasteiger partial charge in [-0.3, -0.25) is 14.4 Å². The Morgan fingerprint density at radius 3 is 2.58 bits per heavy atom. The van der Waals surface area contributed by atoms with E-state index in [4.69, 9.17) is 10.6 Å². The smallest absolute Gasteiger partial charge is 0.267 e. The van der Waals surface area contributed by atoms with Gasteiger partial charge in [0.2, 0.25) is 11.8 Å². The van der Waals surface area contributed by atoms with E-state index < -0.39 is 22.1 Å². The van der Waals surface area contributed by atoms with Gasteiger partial charge in [-0.15, -0.1) is 0 Å². The van der Waals surface area contributed by atoms with E-state index in [-0.39, 0.29) is 16.4 Å². The minimum atomic E-state index is -4.18. The quantitative estimate of drug-likeness (QED) is 0.724. The Kier molecular flexibility index (Phi) is 5.58. The van der Waals surface area contributed by atoms with Crippen molar-refractivity contribution in [2.45, 2.75) is 37.2 Å². The van der Waals surface area contributed by atoms with Crippen LogP contribution in [0, 0.1) is 0 Å². The lowest BCUT2D eigenvalue weighted by Gasteiger charge is -2.34. The van der Waals surface area contributed by atoms with Crippen LogP contribution in [0.15, 0.2) is 29.2 Å². The third-order valence-corrected chi connectivity index (χ3v) is 5.70. The third kappa shape index (κ3) is 3.28. The van der Waals surface area contributed by atoms with Crippen LogP contribution in [0.5, 0.6) is 0 Å². The van der Waals surface area contributed by atoms with E-state index in [1.807, 2.05) is 0 Å². The summed E-state index contributed by atoms with van der Waals surface area (Å²) in [5.74, 6) is -0.974. The number of likely N-dealkylation sites (tertiary alicyclic amines) is 1. The Morgan fingerprint density at radius 2 is 2.08 bits per heavy atom. The number of rotatable bonds is 7. The molecule has 1 saturated heterocycles. The lowest BCUT2D eigenvalue weighted by molar-refractivity contribution is -0.151. The number of sulfonamides is 1. The van der Waals surface area contributed by atoms with Gasteiger partial charge in [-0.1, -0.05) is 23.5 Å². The minimum Gasteiger partial charge on any atom is -0.366 e.